The van der Waals surface area contributed by atoms with E-state index in [4.69, 9.17) is 9.47 Å². The molecular weight excluding hydrogens is 352 g/mol. The minimum absolute atomic E-state index is 0.265. The average molecular weight is 391 g/mol. The van der Waals surface area contributed by atoms with Crippen molar-refractivity contribution < 1.29 is 19.1 Å². The highest BCUT2D eigenvalue weighted by molar-refractivity contribution is 5.66. The number of hydrogen-bond acceptors (Lipinski definition) is 4. The third-order valence-corrected chi connectivity index (χ3v) is 7.15. The van der Waals surface area contributed by atoms with Gasteiger partial charge in [0, 0.05) is 20.3 Å². The molecule has 2 saturated carbocycles. The van der Waals surface area contributed by atoms with Gasteiger partial charge in [-0.25, -0.2) is 0 Å². The summed E-state index contributed by atoms with van der Waals surface area (Å²) in [5, 5.41) is 0. The van der Waals surface area contributed by atoms with Crippen molar-refractivity contribution in [1.82, 2.24) is 0 Å². The number of rotatable bonds is 7. The molecule has 0 unspecified atom stereocenters. The van der Waals surface area contributed by atoms with Crippen LogP contribution in [0.15, 0.2) is 23.8 Å². The zero-order valence-corrected chi connectivity index (χ0v) is 18.4. The predicted molar refractivity (Wildman–Crippen MR) is 112 cm³/mol. The first kappa shape index (κ1) is 22.7. The molecule has 0 spiro atoms. The summed E-state index contributed by atoms with van der Waals surface area (Å²) in [4.78, 5) is 22.3. The smallest absolute Gasteiger partial charge is 0.302 e. The van der Waals surface area contributed by atoms with Crippen LogP contribution >= 0.6 is 0 Å². The maximum atomic E-state index is 11.2. The van der Waals surface area contributed by atoms with Crippen LogP contribution in [0.2, 0.25) is 0 Å². The van der Waals surface area contributed by atoms with E-state index in [-0.39, 0.29) is 24.0 Å². The third kappa shape index (κ3) is 5.48. The van der Waals surface area contributed by atoms with E-state index in [1.807, 2.05) is 0 Å². The van der Waals surface area contributed by atoms with Gasteiger partial charge in [0.1, 0.15) is 6.61 Å². The van der Waals surface area contributed by atoms with E-state index in [1.54, 1.807) is 0 Å². The van der Waals surface area contributed by atoms with E-state index in [0.29, 0.717) is 24.4 Å². The lowest BCUT2D eigenvalue weighted by Gasteiger charge is -2.58. The van der Waals surface area contributed by atoms with Gasteiger partial charge in [0.2, 0.25) is 0 Å². The van der Waals surface area contributed by atoms with Crippen molar-refractivity contribution in [3.63, 3.8) is 0 Å². The maximum absolute atomic E-state index is 11.2. The lowest BCUT2D eigenvalue weighted by atomic mass is 9.47. The van der Waals surface area contributed by atoms with Gasteiger partial charge in [-0.1, -0.05) is 45.4 Å². The molecule has 0 N–H and O–H groups in total. The maximum Gasteiger partial charge on any atom is 0.302 e. The highest BCUT2D eigenvalue weighted by atomic mass is 16.5. The molecule has 0 aromatic carbocycles. The molecule has 2 fully saturated rings. The van der Waals surface area contributed by atoms with Crippen molar-refractivity contribution in [2.45, 2.75) is 79.6 Å². The van der Waals surface area contributed by atoms with Crippen LogP contribution in [0, 0.1) is 22.7 Å². The molecule has 0 heterocycles. The van der Waals surface area contributed by atoms with Gasteiger partial charge < -0.3 is 9.47 Å². The Morgan fingerprint density at radius 3 is 2.46 bits per heavy atom. The summed E-state index contributed by atoms with van der Waals surface area (Å²) in [6, 6.07) is 0. The van der Waals surface area contributed by atoms with Crippen molar-refractivity contribution in [2.24, 2.45) is 22.7 Å². The highest BCUT2D eigenvalue weighted by Gasteiger charge is 2.52. The van der Waals surface area contributed by atoms with Crippen LogP contribution < -0.4 is 0 Å². The molecular formula is C24H38O4. The molecule has 0 radical (unpaired) electrons. The molecule has 158 valence electrons. The lowest BCUT2D eigenvalue weighted by Crippen LogP contribution is -2.49. The molecule has 4 heteroatoms. The lowest BCUT2D eigenvalue weighted by molar-refractivity contribution is -0.142. The molecule has 2 aliphatic rings. The minimum atomic E-state index is -0.290. The third-order valence-electron chi connectivity index (χ3n) is 7.15. The molecule has 0 aromatic rings. The van der Waals surface area contributed by atoms with Crippen LogP contribution in [0.25, 0.3) is 0 Å². The van der Waals surface area contributed by atoms with E-state index in [9.17, 15) is 9.59 Å². The predicted octanol–water partition coefficient (Wildman–Crippen LogP) is 5.62. The molecule has 0 aromatic heterocycles. The van der Waals surface area contributed by atoms with E-state index >= 15 is 0 Å². The Labute approximate surface area is 170 Å². The summed E-state index contributed by atoms with van der Waals surface area (Å²) in [5.41, 5.74) is 3.03. The summed E-state index contributed by atoms with van der Waals surface area (Å²) in [6.45, 7) is 15.2. The Hall–Kier alpha value is -1.58. The first-order chi connectivity index (χ1) is 13.1. The molecule has 0 bridgehead atoms. The first-order valence-corrected chi connectivity index (χ1v) is 10.7. The van der Waals surface area contributed by atoms with Crippen molar-refractivity contribution in [3.05, 3.63) is 23.8 Å². The van der Waals surface area contributed by atoms with Crippen molar-refractivity contribution in [1.29, 1.82) is 0 Å². The summed E-state index contributed by atoms with van der Waals surface area (Å²) in [5.74, 6) is 0.594. The summed E-state index contributed by atoms with van der Waals surface area (Å²) in [6.07, 6.45) is 9.91. The molecule has 0 aliphatic heterocycles. The number of hydrogen-bond donors (Lipinski definition) is 0. The van der Waals surface area contributed by atoms with Gasteiger partial charge in [0.25, 0.3) is 0 Å². The largest absolute Gasteiger partial charge is 0.466 e. The summed E-state index contributed by atoms with van der Waals surface area (Å²) in [7, 11) is 0. The quantitative estimate of drug-likeness (QED) is 0.418. The zero-order valence-electron chi connectivity index (χ0n) is 18.4. The topological polar surface area (TPSA) is 52.6 Å². The number of carbonyl (C=O) groups is 2. The van der Waals surface area contributed by atoms with Gasteiger partial charge in [0.15, 0.2) is 0 Å². The highest BCUT2D eigenvalue weighted by Crippen LogP contribution is 2.61. The minimum Gasteiger partial charge on any atom is -0.466 e. The van der Waals surface area contributed by atoms with Crippen LogP contribution in [0.5, 0.6) is 0 Å². The normalized spacial score (nSPS) is 29.8. The molecule has 0 amide bonds. The van der Waals surface area contributed by atoms with E-state index in [2.05, 4.69) is 33.4 Å². The van der Waals surface area contributed by atoms with Crippen LogP contribution in [0.1, 0.15) is 79.6 Å². The molecule has 2 rings (SSSR count). The van der Waals surface area contributed by atoms with Gasteiger partial charge >= 0.3 is 11.9 Å². The molecule has 4 nitrogen and oxygen atoms in total. The molecule has 2 aliphatic carbocycles. The SMILES string of the molecule is C=C1CC[C@H]2C(C)(C)CCC[C@]2(C)[C@H]1C/C=C(\CCOC(C)=O)COC(C)=O. The fourth-order valence-electron chi connectivity index (χ4n) is 5.75. The second-order valence-corrected chi connectivity index (χ2v) is 9.62. The van der Waals surface area contributed by atoms with Gasteiger partial charge in [-0.3, -0.25) is 9.59 Å². The van der Waals surface area contributed by atoms with Crippen LogP contribution in [0.4, 0.5) is 0 Å². The van der Waals surface area contributed by atoms with Crippen molar-refractivity contribution >= 4 is 11.9 Å². The fourth-order valence-corrected chi connectivity index (χ4v) is 5.75. The Morgan fingerprint density at radius 1 is 1.14 bits per heavy atom. The Morgan fingerprint density at radius 2 is 1.82 bits per heavy atom. The molecule has 0 saturated heterocycles. The van der Waals surface area contributed by atoms with Gasteiger partial charge in [-0.05, 0) is 60.3 Å². The Balaban J connectivity index is 2.15. The van der Waals surface area contributed by atoms with Crippen molar-refractivity contribution in [2.75, 3.05) is 13.2 Å². The van der Waals surface area contributed by atoms with Gasteiger partial charge in [-0.15, -0.1) is 0 Å². The number of ether oxygens (including phenoxy) is 2. The summed E-state index contributed by atoms with van der Waals surface area (Å²) < 4.78 is 10.3. The fraction of sp³-hybridized carbons (Fsp3) is 0.750. The van der Waals surface area contributed by atoms with E-state index < -0.39 is 0 Å². The summed E-state index contributed by atoms with van der Waals surface area (Å²) >= 11 is 0. The van der Waals surface area contributed by atoms with Crippen LogP contribution in [-0.2, 0) is 19.1 Å². The van der Waals surface area contributed by atoms with Gasteiger partial charge in [-0.2, -0.15) is 0 Å². The van der Waals surface area contributed by atoms with E-state index in [0.717, 1.165) is 24.3 Å². The van der Waals surface area contributed by atoms with Crippen LogP contribution in [-0.4, -0.2) is 25.2 Å². The number of carbonyl (C=O) groups excluding carboxylic acids is 2. The standard InChI is InChI=1S/C24H38O4/c1-17-8-11-22-23(4,5)13-7-14-24(22,6)21(17)10-9-20(16-28-19(3)26)12-15-27-18(2)25/h9,21-22H,1,7-8,10-16H2,2-6H3/b20-9+/t21-,22-,24+/m0/s1. The molecule has 3 atom stereocenters. The second-order valence-electron chi connectivity index (χ2n) is 9.62. The Kier molecular flexibility index (Phi) is 7.52. The number of allylic oxidation sites excluding steroid dienone is 2. The van der Waals surface area contributed by atoms with E-state index in [1.165, 1.54) is 45.1 Å². The first-order valence-electron chi connectivity index (χ1n) is 10.7. The average Bonchev–Trinajstić information content (AvgIpc) is 2.57. The van der Waals surface area contributed by atoms with Crippen LogP contribution in [0.3, 0.4) is 0 Å². The number of fused-ring (bicyclic) bond motifs is 1. The van der Waals surface area contributed by atoms with Gasteiger partial charge in [0.05, 0.1) is 6.61 Å². The van der Waals surface area contributed by atoms with Crippen molar-refractivity contribution in [3.8, 4) is 0 Å². The zero-order chi connectivity index (χ0) is 20.9. The Bertz CT molecular complexity index is 631. The second kappa shape index (κ2) is 9.28. The number of esters is 2. The monoisotopic (exact) mass is 390 g/mol. The molecule has 28 heavy (non-hydrogen) atoms.